The van der Waals surface area contributed by atoms with E-state index in [-0.39, 0.29) is 0 Å². The summed E-state index contributed by atoms with van der Waals surface area (Å²) in [5.74, 6) is 0. The Morgan fingerprint density at radius 1 is 1.25 bits per heavy atom. The Hall–Kier alpha value is -0.0800. The van der Waals surface area contributed by atoms with Gasteiger partial charge in [-0.2, -0.15) is 0 Å². The lowest BCUT2D eigenvalue weighted by Crippen LogP contribution is -2.44. The Balaban J connectivity index is 2.24. The summed E-state index contributed by atoms with van der Waals surface area (Å²) in [7, 11) is 0. The van der Waals surface area contributed by atoms with Crippen LogP contribution in [0.15, 0.2) is 0 Å². The Morgan fingerprint density at radius 3 is 2.38 bits per heavy atom. The van der Waals surface area contributed by atoms with Gasteiger partial charge in [-0.1, -0.05) is 27.2 Å². The fourth-order valence-corrected chi connectivity index (χ4v) is 2.53. The van der Waals surface area contributed by atoms with E-state index >= 15 is 0 Å². The second-order valence-corrected chi connectivity index (χ2v) is 5.69. The molecule has 1 rings (SSSR count). The molecule has 0 spiro atoms. The fraction of sp³-hybridized carbons (Fsp3) is 1.00. The molecular formula is C14H30N2. The third-order valence-corrected chi connectivity index (χ3v) is 4.47. The molecule has 1 atom stereocenters. The Labute approximate surface area is 102 Å². The van der Waals surface area contributed by atoms with Crippen LogP contribution in [0.3, 0.4) is 0 Å². The van der Waals surface area contributed by atoms with E-state index in [1.54, 1.807) is 0 Å². The van der Waals surface area contributed by atoms with Crippen molar-refractivity contribution < 1.29 is 0 Å². The fourth-order valence-electron chi connectivity index (χ4n) is 2.53. The number of nitrogens with zero attached hydrogens (tertiary/aromatic N) is 1. The molecule has 1 heterocycles. The van der Waals surface area contributed by atoms with Crippen LogP contribution in [0.5, 0.6) is 0 Å². The molecule has 16 heavy (non-hydrogen) atoms. The van der Waals surface area contributed by atoms with Crippen LogP contribution >= 0.6 is 0 Å². The van der Waals surface area contributed by atoms with Crippen LogP contribution in [-0.2, 0) is 0 Å². The minimum atomic E-state index is 0.623. The molecular weight excluding hydrogens is 196 g/mol. The first-order valence-electron chi connectivity index (χ1n) is 7.06. The molecule has 0 saturated carbocycles. The SMILES string of the molecule is CCNCCC(C)N1CCC(C)(CC)CC1. The average Bonchev–Trinajstić information content (AvgIpc) is 2.30. The second-order valence-electron chi connectivity index (χ2n) is 5.69. The van der Waals surface area contributed by atoms with E-state index in [1.807, 2.05) is 0 Å². The Bertz CT molecular complexity index is 183. The maximum absolute atomic E-state index is 3.42. The molecule has 0 aliphatic carbocycles. The average molecular weight is 226 g/mol. The molecule has 2 nitrogen and oxygen atoms in total. The molecule has 0 aromatic rings. The van der Waals surface area contributed by atoms with Crippen molar-refractivity contribution in [3.63, 3.8) is 0 Å². The highest BCUT2D eigenvalue weighted by Crippen LogP contribution is 2.34. The molecule has 1 fully saturated rings. The van der Waals surface area contributed by atoms with Gasteiger partial charge in [-0.15, -0.1) is 0 Å². The summed E-state index contributed by atoms with van der Waals surface area (Å²) in [5, 5.41) is 3.42. The molecule has 0 aromatic carbocycles. The van der Waals surface area contributed by atoms with Crippen molar-refractivity contribution in [2.45, 2.75) is 59.4 Å². The van der Waals surface area contributed by atoms with Crippen LogP contribution in [0.4, 0.5) is 0 Å². The van der Waals surface area contributed by atoms with Crippen LogP contribution in [0, 0.1) is 5.41 Å². The van der Waals surface area contributed by atoms with Gasteiger partial charge in [0.1, 0.15) is 0 Å². The standard InChI is InChI=1S/C14H30N2/c1-5-14(4)8-11-16(12-9-14)13(3)7-10-15-6-2/h13,15H,5-12H2,1-4H3. The van der Waals surface area contributed by atoms with E-state index in [0.717, 1.165) is 12.6 Å². The topological polar surface area (TPSA) is 15.3 Å². The number of rotatable bonds is 6. The van der Waals surface area contributed by atoms with Crippen LogP contribution in [0.25, 0.3) is 0 Å². The minimum Gasteiger partial charge on any atom is -0.317 e. The second kappa shape index (κ2) is 6.61. The zero-order valence-corrected chi connectivity index (χ0v) is 11.7. The van der Waals surface area contributed by atoms with Crippen molar-refractivity contribution >= 4 is 0 Å². The largest absolute Gasteiger partial charge is 0.317 e. The lowest BCUT2D eigenvalue weighted by Gasteiger charge is -2.41. The molecule has 1 aliphatic heterocycles. The summed E-state index contributed by atoms with van der Waals surface area (Å²) in [6.45, 7) is 14.2. The summed E-state index contributed by atoms with van der Waals surface area (Å²) in [6, 6.07) is 0.750. The zero-order chi connectivity index (χ0) is 12.0. The quantitative estimate of drug-likeness (QED) is 0.701. The maximum Gasteiger partial charge on any atom is 0.00790 e. The van der Waals surface area contributed by atoms with E-state index in [9.17, 15) is 0 Å². The van der Waals surface area contributed by atoms with Crippen LogP contribution in [-0.4, -0.2) is 37.1 Å². The number of hydrogen-bond donors (Lipinski definition) is 1. The lowest BCUT2D eigenvalue weighted by molar-refractivity contribution is 0.0835. The third kappa shape index (κ3) is 4.06. The summed E-state index contributed by atoms with van der Waals surface area (Å²) in [4.78, 5) is 2.68. The highest BCUT2D eigenvalue weighted by atomic mass is 15.2. The van der Waals surface area contributed by atoms with Gasteiger partial charge in [-0.25, -0.2) is 0 Å². The van der Waals surface area contributed by atoms with Gasteiger partial charge in [0.2, 0.25) is 0 Å². The monoisotopic (exact) mass is 226 g/mol. The van der Waals surface area contributed by atoms with Crippen LogP contribution in [0.2, 0.25) is 0 Å². The first kappa shape index (κ1) is 14.0. The molecule has 0 amide bonds. The van der Waals surface area contributed by atoms with E-state index in [4.69, 9.17) is 0 Å². The number of nitrogens with one attached hydrogen (secondary N) is 1. The van der Waals surface area contributed by atoms with Gasteiger partial charge in [-0.05, 0) is 57.8 Å². The molecule has 96 valence electrons. The van der Waals surface area contributed by atoms with Crippen LogP contribution in [0.1, 0.15) is 53.4 Å². The summed E-state index contributed by atoms with van der Waals surface area (Å²) in [5.41, 5.74) is 0.623. The summed E-state index contributed by atoms with van der Waals surface area (Å²) in [6.07, 6.45) is 5.40. The third-order valence-electron chi connectivity index (χ3n) is 4.47. The van der Waals surface area contributed by atoms with E-state index in [2.05, 4.69) is 37.9 Å². The van der Waals surface area contributed by atoms with Crippen molar-refractivity contribution in [1.29, 1.82) is 0 Å². The van der Waals surface area contributed by atoms with E-state index in [0.29, 0.717) is 5.41 Å². The minimum absolute atomic E-state index is 0.623. The van der Waals surface area contributed by atoms with Gasteiger partial charge in [0.15, 0.2) is 0 Å². The molecule has 2 heteroatoms. The van der Waals surface area contributed by atoms with E-state index < -0.39 is 0 Å². The zero-order valence-electron chi connectivity index (χ0n) is 11.7. The first-order chi connectivity index (χ1) is 7.61. The van der Waals surface area contributed by atoms with Gasteiger partial charge >= 0.3 is 0 Å². The summed E-state index contributed by atoms with van der Waals surface area (Å²) >= 11 is 0. The van der Waals surface area contributed by atoms with Gasteiger partial charge in [0.05, 0.1) is 0 Å². The normalized spacial score (nSPS) is 23.2. The maximum atomic E-state index is 3.42. The van der Waals surface area contributed by atoms with Crippen LogP contribution < -0.4 is 5.32 Å². The van der Waals surface area contributed by atoms with Crippen molar-refractivity contribution in [3.05, 3.63) is 0 Å². The predicted octanol–water partition coefficient (Wildman–Crippen LogP) is 2.89. The lowest BCUT2D eigenvalue weighted by atomic mass is 9.78. The number of likely N-dealkylation sites (tertiary alicyclic amines) is 1. The summed E-state index contributed by atoms with van der Waals surface area (Å²) < 4.78 is 0. The Kier molecular flexibility index (Phi) is 5.77. The highest BCUT2D eigenvalue weighted by Gasteiger charge is 2.29. The van der Waals surface area contributed by atoms with Gasteiger partial charge < -0.3 is 10.2 Å². The Morgan fingerprint density at radius 2 is 1.88 bits per heavy atom. The van der Waals surface area contributed by atoms with Gasteiger partial charge in [0, 0.05) is 6.04 Å². The van der Waals surface area contributed by atoms with E-state index in [1.165, 1.54) is 45.3 Å². The van der Waals surface area contributed by atoms with Gasteiger partial charge in [0.25, 0.3) is 0 Å². The molecule has 0 aromatic heterocycles. The molecule has 1 saturated heterocycles. The first-order valence-corrected chi connectivity index (χ1v) is 7.06. The van der Waals surface area contributed by atoms with Crippen molar-refractivity contribution in [2.75, 3.05) is 26.2 Å². The predicted molar refractivity (Wildman–Crippen MR) is 71.8 cm³/mol. The molecule has 1 N–H and O–H groups in total. The van der Waals surface area contributed by atoms with Crippen molar-refractivity contribution in [3.8, 4) is 0 Å². The van der Waals surface area contributed by atoms with Crippen molar-refractivity contribution in [1.82, 2.24) is 10.2 Å². The van der Waals surface area contributed by atoms with Gasteiger partial charge in [-0.3, -0.25) is 0 Å². The molecule has 0 radical (unpaired) electrons. The highest BCUT2D eigenvalue weighted by molar-refractivity contribution is 4.83. The number of piperidine rings is 1. The van der Waals surface area contributed by atoms with Crippen molar-refractivity contribution in [2.24, 2.45) is 5.41 Å². The molecule has 1 aliphatic rings. The molecule has 0 bridgehead atoms. The smallest absolute Gasteiger partial charge is 0.00790 e. The molecule has 1 unspecified atom stereocenters. The number of hydrogen-bond acceptors (Lipinski definition) is 2.